The van der Waals surface area contributed by atoms with Crippen molar-refractivity contribution >= 4 is 16.8 Å². The van der Waals surface area contributed by atoms with Gasteiger partial charge in [-0.2, -0.15) is 0 Å². The predicted octanol–water partition coefficient (Wildman–Crippen LogP) is 1.89. The summed E-state index contributed by atoms with van der Waals surface area (Å²) in [4.78, 5) is 15.8. The molecule has 0 bridgehead atoms. The van der Waals surface area contributed by atoms with Crippen LogP contribution in [0.25, 0.3) is 10.9 Å². The number of hydrogen-bond donors (Lipinski definition) is 1. The Hall–Kier alpha value is -1.94. The summed E-state index contributed by atoms with van der Waals surface area (Å²) < 4.78 is 5.04. The average Bonchev–Trinajstić information content (AvgIpc) is 2.42. The lowest BCUT2D eigenvalue weighted by Gasteiger charge is -2.07. The Kier molecular flexibility index (Phi) is 4.25. The monoisotopic (exact) mass is 244 g/mol. The van der Waals surface area contributed by atoms with E-state index in [0.29, 0.717) is 13.2 Å². The molecule has 2 aromatic rings. The summed E-state index contributed by atoms with van der Waals surface area (Å²) in [6.45, 7) is 2.99. The number of carbonyl (C=O) groups is 1. The SMILES string of the molecule is CCOCC(=O)NCc1cccc2cccnc12. The molecule has 0 atom stereocenters. The third-order valence-electron chi connectivity index (χ3n) is 2.63. The first-order valence-electron chi connectivity index (χ1n) is 5.98. The summed E-state index contributed by atoms with van der Waals surface area (Å²) in [5, 5.41) is 3.90. The van der Waals surface area contributed by atoms with Crippen molar-refractivity contribution in [2.75, 3.05) is 13.2 Å². The van der Waals surface area contributed by atoms with Crippen molar-refractivity contribution in [3.63, 3.8) is 0 Å². The Morgan fingerprint density at radius 1 is 1.33 bits per heavy atom. The molecule has 0 aliphatic heterocycles. The summed E-state index contributed by atoms with van der Waals surface area (Å²) in [6.07, 6.45) is 1.76. The van der Waals surface area contributed by atoms with E-state index >= 15 is 0 Å². The Morgan fingerprint density at radius 2 is 2.17 bits per heavy atom. The van der Waals surface area contributed by atoms with Crippen molar-refractivity contribution in [1.82, 2.24) is 10.3 Å². The number of ether oxygens (including phenoxy) is 1. The third-order valence-corrected chi connectivity index (χ3v) is 2.63. The molecule has 1 aromatic carbocycles. The number of rotatable bonds is 5. The van der Waals surface area contributed by atoms with Gasteiger partial charge in [0.25, 0.3) is 0 Å². The number of fused-ring (bicyclic) bond motifs is 1. The van der Waals surface area contributed by atoms with Crippen molar-refractivity contribution in [3.05, 3.63) is 42.1 Å². The standard InChI is InChI=1S/C14H16N2O2/c1-2-18-10-13(17)16-9-12-6-3-5-11-7-4-8-15-14(11)12/h3-8H,2,9-10H2,1H3,(H,16,17). The van der Waals surface area contributed by atoms with E-state index in [9.17, 15) is 4.79 Å². The molecule has 0 unspecified atom stereocenters. The molecule has 4 heteroatoms. The lowest BCUT2D eigenvalue weighted by atomic mass is 10.1. The zero-order valence-corrected chi connectivity index (χ0v) is 10.3. The van der Waals surface area contributed by atoms with Crippen molar-refractivity contribution in [2.24, 2.45) is 0 Å². The van der Waals surface area contributed by atoms with Gasteiger partial charge < -0.3 is 10.1 Å². The van der Waals surface area contributed by atoms with Crippen molar-refractivity contribution in [1.29, 1.82) is 0 Å². The molecule has 18 heavy (non-hydrogen) atoms. The molecule has 1 heterocycles. The lowest BCUT2D eigenvalue weighted by Crippen LogP contribution is -2.27. The van der Waals surface area contributed by atoms with Gasteiger partial charge in [-0.15, -0.1) is 0 Å². The molecule has 0 fully saturated rings. The first kappa shape index (κ1) is 12.5. The van der Waals surface area contributed by atoms with E-state index in [1.54, 1.807) is 6.20 Å². The summed E-state index contributed by atoms with van der Waals surface area (Å²) in [5.74, 6) is -0.107. The molecule has 1 aromatic heterocycles. The second-order valence-corrected chi connectivity index (χ2v) is 3.91. The number of benzene rings is 1. The van der Waals surface area contributed by atoms with Crippen LogP contribution in [-0.4, -0.2) is 24.1 Å². The minimum Gasteiger partial charge on any atom is -0.372 e. The molecule has 0 radical (unpaired) electrons. The van der Waals surface area contributed by atoms with Gasteiger partial charge in [-0.25, -0.2) is 0 Å². The number of pyridine rings is 1. The van der Waals surface area contributed by atoms with E-state index in [2.05, 4.69) is 10.3 Å². The number of para-hydroxylation sites is 1. The van der Waals surface area contributed by atoms with Crippen LogP contribution in [0.2, 0.25) is 0 Å². The van der Waals surface area contributed by atoms with Crippen molar-refractivity contribution < 1.29 is 9.53 Å². The van der Waals surface area contributed by atoms with Crippen LogP contribution in [-0.2, 0) is 16.1 Å². The molecule has 2 rings (SSSR count). The van der Waals surface area contributed by atoms with Gasteiger partial charge in [0.05, 0.1) is 5.52 Å². The Balaban J connectivity index is 2.05. The maximum atomic E-state index is 11.5. The highest BCUT2D eigenvalue weighted by molar-refractivity contribution is 5.82. The maximum absolute atomic E-state index is 11.5. The van der Waals surface area contributed by atoms with Crippen LogP contribution in [0.3, 0.4) is 0 Å². The van der Waals surface area contributed by atoms with Gasteiger partial charge in [0.2, 0.25) is 5.91 Å². The summed E-state index contributed by atoms with van der Waals surface area (Å²) >= 11 is 0. The fourth-order valence-corrected chi connectivity index (χ4v) is 1.75. The van der Waals surface area contributed by atoms with Crippen LogP contribution in [0.15, 0.2) is 36.5 Å². The minimum absolute atomic E-state index is 0.106. The van der Waals surface area contributed by atoms with Crippen LogP contribution in [0.4, 0.5) is 0 Å². The highest BCUT2D eigenvalue weighted by Crippen LogP contribution is 2.15. The van der Waals surface area contributed by atoms with E-state index in [1.165, 1.54) is 0 Å². The van der Waals surface area contributed by atoms with E-state index in [4.69, 9.17) is 4.74 Å². The largest absolute Gasteiger partial charge is 0.372 e. The Labute approximate surface area is 106 Å². The normalized spacial score (nSPS) is 10.5. The Bertz CT molecular complexity index is 535. The fraction of sp³-hybridized carbons (Fsp3) is 0.286. The van der Waals surface area contributed by atoms with E-state index in [1.807, 2.05) is 37.3 Å². The molecule has 0 aliphatic carbocycles. The number of aromatic nitrogens is 1. The predicted molar refractivity (Wildman–Crippen MR) is 70.1 cm³/mol. The van der Waals surface area contributed by atoms with E-state index < -0.39 is 0 Å². The zero-order valence-electron chi connectivity index (χ0n) is 10.3. The van der Waals surface area contributed by atoms with Gasteiger partial charge >= 0.3 is 0 Å². The fourth-order valence-electron chi connectivity index (χ4n) is 1.75. The Morgan fingerprint density at radius 3 is 3.00 bits per heavy atom. The highest BCUT2D eigenvalue weighted by Gasteiger charge is 2.04. The molecule has 0 aliphatic rings. The average molecular weight is 244 g/mol. The van der Waals surface area contributed by atoms with E-state index in [0.717, 1.165) is 16.5 Å². The first-order valence-corrected chi connectivity index (χ1v) is 5.98. The van der Waals surface area contributed by atoms with Gasteiger partial charge in [0.15, 0.2) is 0 Å². The number of carbonyl (C=O) groups excluding carboxylic acids is 1. The van der Waals surface area contributed by atoms with Gasteiger partial charge in [-0.05, 0) is 18.6 Å². The van der Waals surface area contributed by atoms with Crippen molar-refractivity contribution in [3.8, 4) is 0 Å². The molecule has 1 amide bonds. The lowest BCUT2D eigenvalue weighted by molar-refractivity contribution is -0.125. The first-order chi connectivity index (χ1) is 8.81. The van der Waals surface area contributed by atoms with Crippen molar-refractivity contribution in [2.45, 2.75) is 13.5 Å². The zero-order chi connectivity index (χ0) is 12.8. The third kappa shape index (κ3) is 3.05. The molecule has 94 valence electrons. The van der Waals surface area contributed by atoms with E-state index in [-0.39, 0.29) is 12.5 Å². The highest BCUT2D eigenvalue weighted by atomic mass is 16.5. The molecule has 1 N–H and O–H groups in total. The molecule has 0 saturated carbocycles. The van der Waals surface area contributed by atoms with Crippen LogP contribution < -0.4 is 5.32 Å². The molecular weight excluding hydrogens is 228 g/mol. The maximum Gasteiger partial charge on any atom is 0.246 e. The smallest absolute Gasteiger partial charge is 0.246 e. The van der Waals surface area contributed by atoms with Gasteiger partial charge in [0.1, 0.15) is 6.61 Å². The summed E-state index contributed by atoms with van der Waals surface area (Å²) in [5.41, 5.74) is 1.94. The number of nitrogens with one attached hydrogen (secondary N) is 1. The minimum atomic E-state index is -0.107. The second-order valence-electron chi connectivity index (χ2n) is 3.91. The molecule has 0 saturated heterocycles. The summed E-state index contributed by atoms with van der Waals surface area (Å²) in [6, 6.07) is 9.85. The molecular formula is C14H16N2O2. The van der Waals surface area contributed by atoms with Gasteiger partial charge in [-0.1, -0.05) is 24.3 Å². The van der Waals surface area contributed by atoms with Crippen LogP contribution in [0.5, 0.6) is 0 Å². The molecule has 4 nitrogen and oxygen atoms in total. The van der Waals surface area contributed by atoms with Crippen LogP contribution in [0.1, 0.15) is 12.5 Å². The number of hydrogen-bond acceptors (Lipinski definition) is 3. The summed E-state index contributed by atoms with van der Waals surface area (Å²) in [7, 11) is 0. The molecule has 0 spiro atoms. The second kappa shape index (κ2) is 6.12. The van der Waals surface area contributed by atoms with Gasteiger partial charge in [-0.3, -0.25) is 9.78 Å². The van der Waals surface area contributed by atoms with Gasteiger partial charge in [0, 0.05) is 24.7 Å². The topological polar surface area (TPSA) is 51.2 Å². The quantitative estimate of drug-likeness (QED) is 0.873. The number of nitrogens with zero attached hydrogens (tertiary/aromatic N) is 1. The number of amides is 1. The van der Waals surface area contributed by atoms with Crippen LogP contribution >= 0.6 is 0 Å². The van der Waals surface area contributed by atoms with Crippen LogP contribution in [0, 0.1) is 0 Å².